The zero-order valence-electron chi connectivity index (χ0n) is 12.3. The molecule has 21 heavy (non-hydrogen) atoms. The highest BCUT2D eigenvalue weighted by Gasteiger charge is 2.17. The molecule has 0 aromatic heterocycles. The zero-order valence-corrected chi connectivity index (χ0v) is 12.3. The van der Waals surface area contributed by atoms with Crippen LogP contribution in [0.5, 0.6) is 0 Å². The number of amides is 1. The minimum atomic E-state index is -1.01. The van der Waals surface area contributed by atoms with E-state index in [1.54, 1.807) is 25.1 Å². The number of rotatable bonds is 5. The monoisotopic (exact) mass is 290 g/mol. The highest BCUT2D eigenvalue weighted by atomic mass is 16.4. The second-order valence-electron chi connectivity index (χ2n) is 5.58. The van der Waals surface area contributed by atoms with E-state index in [1.165, 1.54) is 0 Å². The van der Waals surface area contributed by atoms with Gasteiger partial charge in [-0.1, -0.05) is 12.1 Å². The van der Waals surface area contributed by atoms with Gasteiger partial charge in [0.2, 0.25) is 5.91 Å². The Balaban J connectivity index is 1.93. The second-order valence-corrected chi connectivity index (χ2v) is 5.58. The van der Waals surface area contributed by atoms with Crippen molar-refractivity contribution in [1.29, 1.82) is 0 Å². The van der Waals surface area contributed by atoms with Crippen molar-refractivity contribution < 1.29 is 14.7 Å². The van der Waals surface area contributed by atoms with Crippen molar-refractivity contribution in [3.8, 4) is 0 Å². The van der Waals surface area contributed by atoms with Crippen LogP contribution in [0.25, 0.3) is 0 Å². The van der Waals surface area contributed by atoms with Crippen molar-refractivity contribution in [2.24, 2.45) is 5.92 Å². The summed E-state index contributed by atoms with van der Waals surface area (Å²) in [6, 6.07) is 5.12. The number of carboxylic acids is 1. The third-order valence-electron chi connectivity index (χ3n) is 4.00. The number of hydrogen-bond donors (Lipinski definition) is 3. The topological polar surface area (TPSA) is 78.4 Å². The number of aromatic carboxylic acids is 1. The van der Waals surface area contributed by atoms with E-state index >= 15 is 0 Å². The first kappa shape index (κ1) is 15.5. The van der Waals surface area contributed by atoms with Gasteiger partial charge in [-0.3, -0.25) is 4.79 Å². The Morgan fingerprint density at radius 2 is 2.05 bits per heavy atom. The van der Waals surface area contributed by atoms with Crippen LogP contribution in [-0.4, -0.2) is 30.1 Å². The van der Waals surface area contributed by atoms with E-state index in [0.717, 1.165) is 32.4 Å². The average molecular weight is 290 g/mol. The van der Waals surface area contributed by atoms with Crippen LogP contribution in [0.15, 0.2) is 18.2 Å². The molecular formula is C16H22N2O3. The predicted octanol–water partition coefficient (Wildman–Crippen LogP) is 2.41. The lowest BCUT2D eigenvalue weighted by Crippen LogP contribution is -2.28. The molecule has 0 atom stereocenters. The number of piperidine rings is 1. The Bertz CT molecular complexity index is 522. The van der Waals surface area contributed by atoms with Crippen molar-refractivity contribution in [1.82, 2.24) is 5.32 Å². The minimum Gasteiger partial charge on any atom is -0.478 e. The normalized spacial score (nSPS) is 15.7. The smallest absolute Gasteiger partial charge is 0.338 e. The second kappa shape index (κ2) is 7.22. The van der Waals surface area contributed by atoms with Crippen LogP contribution in [0.3, 0.4) is 0 Å². The summed E-state index contributed by atoms with van der Waals surface area (Å²) in [5.74, 6) is -0.531. The molecule has 0 bridgehead atoms. The summed E-state index contributed by atoms with van der Waals surface area (Å²) in [7, 11) is 0. The van der Waals surface area contributed by atoms with Crippen LogP contribution in [0.1, 0.15) is 41.6 Å². The van der Waals surface area contributed by atoms with E-state index in [4.69, 9.17) is 0 Å². The van der Waals surface area contributed by atoms with E-state index in [1.807, 2.05) is 0 Å². The Labute approximate surface area is 124 Å². The van der Waals surface area contributed by atoms with Gasteiger partial charge in [0.05, 0.1) is 11.3 Å². The summed E-state index contributed by atoms with van der Waals surface area (Å²) >= 11 is 0. The largest absolute Gasteiger partial charge is 0.478 e. The maximum Gasteiger partial charge on any atom is 0.338 e. The van der Waals surface area contributed by atoms with Gasteiger partial charge < -0.3 is 15.7 Å². The van der Waals surface area contributed by atoms with Crippen molar-refractivity contribution >= 4 is 17.6 Å². The molecular weight excluding hydrogens is 268 g/mol. The van der Waals surface area contributed by atoms with Crippen LogP contribution >= 0.6 is 0 Å². The van der Waals surface area contributed by atoms with Crippen molar-refractivity contribution in [2.75, 3.05) is 18.4 Å². The van der Waals surface area contributed by atoms with E-state index in [9.17, 15) is 14.7 Å². The van der Waals surface area contributed by atoms with Crippen molar-refractivity contribution in [2.45, 2.75) is 32.6 Å². The molecule has 1 aliphatic heterocycles. The first-order chi connectivity index (χ1) is 10.1. The molecule has 5 nitrogen and oxygen atoms in total. The quantitative estimate of drug-likeness (QED) is 0.778. The number of carbonyl (C=O) groups excluding carboxylic acids is 1. The summed E-state index contributed by atoms with van der Waals surface area (Å²) in [4.78, 5) is 23.3. The maximum atomic E-state index is 12.0. The van der Waals surface area contributed by atoms with Crippen molar-refractivity contribution in [3.05, 3.63) is 29.3 Å². The lowest BCUT2D eigenvalue weighted by atomic mass is 9.93. The number of carboxylic acid groups (broad SMARTS) is 1. The first-order valence-electron chi connectivity index (χ1n) is 7.41. The zero-order chi connectivity index (χ0) is 15.2. The molecule has 0 spiro atoms. The molecule has 0 unspecified atom stereocenters. The first-order valence-corrected chi connectivity index (χ1v) is 7.41. The lowest BCUT2D eigenvalue weighted by Gasteiger charge is -2.22. The highest BCUT2D eigenvalue weighted by Crippen LogP contribution is 2.21. The fraction of sp³-hybridized carbons (Fsp3) is 0.500. The van der Waals surface area contributed by atoms with E-state index in [2.05, 4.69) is 10.6 Å². The Hall–Kier alpha value is -1.88. The number of hydrogen-bond acceptors (Lipinski definition) is 3. The highest BCUT2D eigenvalue weighted by molar-refractivity contribution is 6.01. The van der Waals surface area contributed by atoms with E-state index in [-0.39, 0.29) is 11.5 Å². The Morgan fingerprint density at radius 3 is 2.71 bits per heavy atom. The average Bonchev–Trinajstić information content (AvgIpc) is 2.46. The number of carbonyl (C=O) groups is 2. The molecule has 1 aliphatic rings. The number of anilines is 1. The van der Waals surface area contributed by atoms with Gasteiger partial charge in [0.1, 0.15) is 0 Å². The van der Waals surface area contributed by atoms with Crippen LogP contribution in [-0.2, 0) is 4.79 Å². The van der Waals surface area contributed by atoms with E-state index < -0.39 is 5.97 Å². The molecule has 5 heteroatoms. The van der Waals surface area contributed by atoms with Gasteiger partial charge in [0, 0.05) is 6.42 Å². The molecule has 0 aliphatic carbocycles. The van der Waals surface area contributed by atoms with Gasteiger partial charge in [-0.05, 0) is 56.8 Å². The summed E-state index contributed by atoms with van der Waals surface area (Å²) in [6.07, 6.45) is 3.52. The standard InChI is InChI=1S/C16H22N2O3/c1-11-3-2-4-13(15(11)16(20)21)18-14(19)6-5-12-7-9-17-10-8-12/h2-4,12,17H,5-10H2,1H3,(H,18,19)(H,20,21). The number of benzene rings is 1. The van der Waals surface area contributed by atoms with Crippen LogP contribution in [0, 0.1) is 12.8 Å². The van der Waals surface area contributed by atoms with Gasteiger partial charge in [0.15, 0.2) is 0 Å². The molecule has 1 aromatic carbocycles. The molecule has 3 N–H and O–H groups in total. The maximum absolute atomic E-state index is 12.0. The van der Waals surface area contributed by atoms with Gasteiger partial charge in [-0.15, -0.1) is 0 Å². The number of nitrogens with one attached hydrogen (secondary N) is 2. The molecule has 1 saturated heterocycles. The summed E-state index contributed by atoms with van der Waals surface area (Å²) in [5.41, 5.74) is 1.21. The van der Waals surface area contributed by atoms with Crippen molar-refractivity contribution in [3.63, 3.8) is 0 Å². The summed E-state index contributed by atoms with van der Waals surface area (Å²) in [6.45, 7) is 3.77. The third kappa shape index (κ3) is 4.29. The minimum absolute atomic E-state index is 0.110. The van der Waals surface area contributed by atoms with Crippen LogP contribution in [0.4, 0.5) is 5.69 Å². The van der Waals surface area contributed by atoms with Crippen LogP contribution < -0.4 is 10.6 Å². The molecule has 1 fully saturated rings. The Kier molecular flexibility index (Phi) is 5.33. The van der Waals surface area contributed by atoms with Crippen LogP contribution in [0.2, 0.25) is 0 Å². The fourth-order valence-corrected chi connectivity index (χ4v) is 2.77. The van der Waals surface area contributed by atoms with Gasteiger partial charge in [-0.25, -0.2) is 4.79 Å². The van der Waals surface area contributed by atoms with Gasteiger partial charge in [0.25, 0.3) is 0 Å². The predicted molar refractivity (Wildman–Crippen MR) is 81.6 cm³/mol. The number of aryl methyl sites for hydroxylation is 1. The van der Waals surface area contributed by atoms with E-state index in [0.29, 0.717) is 23.6 Å². The molecule has 0 radical (unpaired) electrons. The van der Waals surface area contributed by atoms with Gasteiger partial charge in [-0.2, -0.15) is 0 Å². The summed E-state index contributed by atoms with van der Waals surface area (Å²) in [5, 5.41) is 15.3. The molecule has 114 valence electrons. The Morgan fingerprint density at radius 1 is 1.33 bits per heavy atom. The fourth-order valence-electron chi connectivity index (χ4n) is 2.77. The molecule has 1 heterocycles. The molecule has 1 aromatic rings. The molecule has 2 rings (SSSR count). The molecule has 1 amide bonds. The summed E-state index contributed by atoms with van der Waals surface area (Å²) < 4.78 is 0. The SMILES string of the molecule is Cc1cccc(NC(=O)CCC2CCNCC2)c1C(=O)O. The lowest BCUT2D eigenvalue weighted by molar-refractivity contribution is -0.116. The van der Waals surface area contributed by atoms with Gasteiger partial charge >= 0.3 is 5.97 Å². The molecule has 0 saturated carbocycles. The third-order valence-corrected chi connectivity index (χ3v) is 4.00.